The summed E-state index contributed by atoms with van der Waals surface area (Å²) in [7, 11) is 6.47. The number of hydrogen-bond donors (Lipinski definition) is 0. The largest absolute Gasteiger partial charge is 0.501 e. The summed E-state index contributed by atoms with van der Waals surface area (Å²) in [6.45, 7) is 4.57. The van der Waals surface area contributed by atoms with Gasteiger partial charge in [-0.25, -0.2) is 0 Å². The van der Waals surface area contributed by atoms with E-state index in [1.165, 1.54) is 6.26 Å². The highest BCUT2D eigenvalue weighted by Gasteiger charge is 2.12. The summed E-state index contributed by atoms with van der Waals surface area (Å²) in [5, 5.41) is 0. The van der Waals surface area contributed by atoms with Crippen molar-refractivity contribution in [3.05, 3.63) is 12.0 Å². The van der Waals surface area contributed by atoms with Gasteiger partial charge >= 0.3 is 0 Å². The highest BCUT2D eigenvalue weighted by molar-refractivity contribution is 4.87. The Labute approximate surface area is 121 Å². The van der Waals surface area contributed by atoms with Crippen LogP contribution >= 0.6 is 0 Å². The molecule has 0 aromatic carbocycles. The minimum atomic E-state index is -0.0552. The fourth-order valence-corrected chi connectivity index (χ4v) is 1.50. The Hall–Kier alpha value is -0.820. The molecule has 0 aromatic rings. The van der Waals surface area contributed by atoms with E-state index in [1.807, 2.05) is 6.92 Å². The van der Waals surface area contributed by atoms with E-state index in [9.17, 15) is 0 Å². The van der Waals surface area contributed by atoms with Crippen molar-refractivity contribution in [2.75, 3.05) is 61.5 Å². The molecule has 0 aliphatic heterocycles. The van der Waals surface area contributed by atoms with Gasteiger partial charge in [-0.3, -0.25) is 0 Å². The van der Waals surface area contributed by atoms with Gasteiger partial charge in [0.2, 0.25) is 0 Å². The van der Waals surface area contributed by atoms with E-state index in [-0.39, 0.29) is 12.0 Å². The molecule has 0 aliphatic carbocycles. The molecule has 0 saturated carbocycles. The van der Waals surface area contributed by atoms with Crippen LogP contribution in [0.25, 0.3) is 0 Å². The molecule has 0 amide bonds. The van der Waals surface area contributed by atoms with Gasteiger partial charge in [-0.1, -0.05) is 6.92 Å². The van der Waals surface area contributed by atoms with Gasteiger partial charge in [0.15, 0.2) is 5.76 Å². The molecule has 0 heterocycles. The number of methoxy groups -OCH3 is 4. The Morgan fingerprint density at radius 3 is 2.05 bits per heavy atom. The van der Waals surface area contributed by atoms with Gasteiger partial charge < -0.3 is 28.4 Å². The van der Waals surface area contributed by atoms with Gasteiger partial charge in [0.05, 0.1) is 33.5 Å². The summed E-state index contributed by atoms with van der Waals surface area (Å²) in [6.07, 6.45) is 1.48. The van der Waals surface area contributed by atoms with Crippen LogP contribution in [0.4, 0.5) is 0 Å². The Balaban J connectivity index is 3.95. The Morgan fingerprint density at radius 1 is 0.900 bits per heavy atom. The third-order valence-electron chi connectivity index (χ3n) is 2.41. The molecule has 0 saturated heterocycles. The minimum Gasteiger partial charge on any atom is -0.501 e. The molecule has 0 radical (unpaired) electrons. The monoisotopic (exact) mass is 292 g/mol. The van der Waals surface area contributed by atoms with Crippen molar-refractivity contribution in [1.29, 1.82) is 0 Å². The Kier molecular flexibility index (Phi) is 12.6. The van der Waals surface area contributed by atoms with Crippen LogP contribution in [-0.4, -0.2) is 67.6 Å². The quantitative estimate of drug-likeness (QED) is 0.479. The maximum Gasteiger partial charge on any atom is 0.156 e. The number of ether oxygens (including phenoxy) is 6. The smallest absolute Gasteiger partial charge is 0.156 e. The van der Waals surface area contributed by atoms with Gasteiger partial charge in [-0.15, -0.1) is 0 Å². The molecule has 0 bridgehead atoms. The van der Waals surface area contributed by atoms with Gasteiger partial charge in [0.1, 0.15) is 19.0 Å². The summed E-state index contributed by atoms with van der Waals surface area (Å²) in [5.74, 6) is 0.899. The van der Waals surface area contributed by atoms with E-state index in [0.717, 1.165) is 0 Å². The highest BCUT2D eigenvalue weighted by atomic mass is 16.6. The van der Waals surface area contributed by atoms with Gasteiger partial charge in [0.25, 0.3) is 0 Å². The maximum atomic E-state index is 5.72. The van der Waals surface area contributed by atoms with E-state index in [2.05, 4.69) is 0 Å². The van der Waals surface area contributed by atoms with Crippen molar-refractivity contribution < 1.29 is 28.4 Å². The summed E-state index contributed by atoms with van der Waals surface area (Å²) in [5.41, 5.74) is 0. The number of hydrogen-bond acceptors (Lipinski definition) is 6. The molecule has 0 spiro atoms. The van der Waals surface area contributed by atoms with Crippen LogP contribution in [-0.2, 0) is 28.4 Å². The topological polar surface area (TPSA) is 55.4 Å². The second-order valence-corrected chi connectivity index (χ2v) is 4.54. The summed E-state index contributed by atoms with van der Waals surface area (Å²) in [6, 6.07) is 0. The predicted octanol–water partition coefficient (Wildman–Crippen LogP) is 1.45. The van der Waals surface area contributed by atoms with Gasteiger partial charge in [-0.2, -0.15) is 0 Å². The first-order valence-corrected chi connectivity index (χ1v) is 6.60. The molecule has 1 atom stereocenters. The maximum absolute atomic E-state index is 5.72. The first kappa shape index (κ1) is 19.2. The molecule has 6 nitrogen and oxygen atoms in total. The molecule has 0 aromatic heterocycles. The summed E-state index contributed by atoms with van der Waals surface area (Å²) >= 11 is 0. The molecule has 0 fully saturated rings. The standard InChI is InChI=1S/C14H28O6/c1-12(6-19-13(8-15-2)9-16-3)7-20-14(10-17-4)11-18-5/h8,12,14H,6-7,9-11H2,1-5H3. The third-order valence-corrected chi connectivity index (χ3v) is 2.41. The first-order chi connectivity index (χ1) is 9.67. The van der Waals surface area contributed by atoms with Crippen LogP contribution < -0.4 is 0 Å². The molecular formula is C14H28O6. The van der Waals surface area contributed by atoms with E-state index < -0.39 is 0 Å². The van der Waals surface area contributed by atoms with Crippen LogP contribution in [0.3, 0.4) is 0 Å². The van der Waals surface area contributed by atoms with Crippen molar-refractivity contribution in [3.63, 3.8) is 0 Å². The lowest BCUT2D eigenvalue weighted by Crippen LogP contribution is -2.27. The van der Waals surface area contributed by atoms with E-state index in [1.54, 1.807) is 28.4 Å². The van der Waals surface area contributed by atoms with E-state index in [4.69, 9.17) is 28.4 Å². The molecule has 1 unspecified atom stereocenters. The van der Waals surface area contributed by atoms with Crippen molar-refractivity contribution in [2.45, 2.75) is 13.0 Å². The van der Waals surface area contributed by atoms with Crippen LogP contribution in [0.1, 0.15) is 6.92 Å². The molecular weight excluding hydrogens is 264 g/mol. The number of rotatable bonds is 13. The van der Waals surface area contributed by atoms with E-state index in [0.29, 0.717) is 38.8 Å². The summed E-state index contributed by atoms with van der Waals surface area (Å²) in [4.78, 5) is 0. The van der Waals surface area contributed by atoms with Crippen molar-refractivity contribution >= 4 is 0 Å². The van der Waals surface area contributed by atoms with Gasteiger partial charge in [-0.05, 0) is 0 Å². The second kappa shape index (κ2) is 13.2. The third kappa shape index (κ3) is 10.0. The van der Waals surface area contributed by atoms with Crippen molar-refractivity contribution in [3.8, 4) is 0 Å². The molecule has 0 rings (SSSR count). The molecule has 6 heteroatoms. The van der Waals surface area contributed by atoms with Gasteiger partial charge in [0, 0.05) is 27.2 Å². The second-order valence-electron chi connectivity index (χ2n) is 4.54. The molecule has 0 aliphatic rings. The zero-order valence-corrected chi connectivity index (χ0v) is 13.2. The normalized spacial score (nSPS) is 13.6. The van der Waals surface area contributed by atoms with Crippen LogP contribution in [0, 0.1) is 5.92 Å². The average molecular weight is 292 g/mol. The fraction of sp³-hybridized carbons (Fsp3) is 0.857. The Morgan fingerprint density at radius 2 is 1.55 bits per heavy atom. The summed E-state index contributed by atoms with van der Waals surface area (Å²) < 4.78 is 31.4. The average Bonchev–Trinajstić information content (AvgIpc) is 2.43. The van der Waals surface area contributed by atoms with Crippen LogP contribution in [0.2, 0.25) is 0 Å². The lowest BCUT2D eigenvalue weighted by atomic mass is 10.2. The fourth-order valence-electron chi connectivity index (χ4n) is 1.50. The first-order valence-electron chi connectivity index (χ1n) is 6.60. The zero-order valence-electron chi connectivity index (χ0n) is 13.2. The van der Waals surface area contributed by atoms with Crippen molar-refractivity contribution in [1.82, 2.24) is 0 Å². The predicted molar refractivity (Wildman–Crippen MR) is 75.6 cm³/mol. The zero-order chi connectivity index (χ0) is 15.2. The molecule has 120 valence electrons. The van der Waals surface area contributed by atoms with Crippen LogP contribution in [0.15, 0.2) is 12.0 Å². The highest BCUT2D eigenvalue weighted by Crippen LogP contribution is 2.06. The lowest BCUT2D eigenvalue weighted by Gasteiger charge is -2.20. The van der Waals surface area contributed by atoms with Crippen molar-refractivity contribution in [2.24, 2.45) is 5.92 Å². The lowest BCUT2D eigenvalue weighted by molar-refractivity contribution is -0.0571. The minimum absolute atomic E-state index is 0.0552. The molecule has 0 N–H and O–H groups in total. The van der Waals surface area contributed by atoms with Crippen LogP contribution in [0.5, 0.6) is 0 Å². The SMILES string of the molecule is COC=C(COC)OCC(C)COC(COC)COC. The molecule has 20 heavy (non-hydrogen) atoms. The van der Waals surface area contributed by atoms with E-state index >= 15 is 0 Å². The Bertz CT molecular complexity index is 238.